The second-order valence-electron chi connectivity index (χ2n) is 10.8. The molecule has 0 spiro atoms. The van der Waals surface area contributed by atoms with Gasteiger partial charge in [-0.1, -0.05) is 150 Å². The van der Waals surface area contributed by atoms with Crippen LogP contribution in [0.25, 0.3) is 67.3 Å². The van der Waals surface area contributed by atoms with E-state index in [9.17, 15) is 0 Å². The van der Waals surface area contributed by atoms with Crippen molar-refractivity contribution in [2.75, 3.05) is 0 Å². The van der Waals surface area contributed by atoms with Gasteiger partial charge < -0.3 is 0 Å². The first-order valence-corrected chi connectivity index (χ1v) is 16.2. The largest absolute Gasteiger partial charge is 0.228 e. The van der Waals surface area contributed by atoms with Crippen LogP contribution in [0.5, 0.6) is 0 Å². The number of hydrogen-bond acceptors (Lipinski definition) is 2. The molecule has 7 rings (SSSR count). The number of benzene rings is 6. The van der Waals surface area contributed by atoms with Crippen LogP contribution in [0.1, 0.15) is 5.56 Å². The van der Waals surface area contributed by atoms with Crippen molar-refractivity contribution in [2.45, 2.75) is 4.43 Å². The van der Waals surface area contributed by atoms with E-state index in [0.29, 0.717) is 0 Å². The summed E-state index contributed by atoms with van der Waals surface area (Å²) in [7, 11) is 0. The predicted molar refractivity (Wildman–Crippen MR) is 192 cm³/mol. The molecule has 0 radical (unpaired) electrons. The lowest BCUT2D eigenvalue weighted by Gasteiger charge is -2.13. The molecule has 1 aromatic heterocycles. The zero-order valence-electron chi connectivity index (χ0n) is 24.1. The highest BCUT2D eigenvalue weighted by Crippen LogP contribution is 2.35. The molecule has 0 aliphatic heterocycles. The smallest absolute Gasteiger partial charge is 0.160 e. The first-order chi connectivity index (χ1) is 21.7. The number of aromatic nitrogens is 2. The summed E-state index contributed by atoms with van der Waals surface area (Å²) in [5, 5.41) is 0. The van der Waals surface area contributed by atoms with Gasteiger partial charge >= 0.3 is 0 Å². The van der Waals surface area contributed by atoms with Crippen LogP contribution >= 0.6 is 22.6 Å². The van der Waals surface area contributed by atoms with Gasteiger partial charge in [0.1, 0.15) is 0 Å². The Kier molecular flexibility index (Phi) is 8.11. The first-order valence-electron chi connectivity index (χ1n) is 14.7. The van der Waals surface area contributed by atoms with E-state index in [1.54, 1.807) is 0 Å². The summed E-state index contributed by atoms with van der Waals surface area (Å²) in [6.07, 6.45) is 0. The summed E-state index contributed by atoms with van der Waals surface area (Å²) < 4.78 is 0.936. The van der Waals surface area contributed by atoms with Crippen LogP contribution < -0.4 is 0 Å². The lowest BCUT2D eigenvalue weighted by molar-refractivity contribution is 1.18. The Balaban J connectivity index is 1.37. The van der Waals surface area contributed by atoms with Crippen molar-refractivity contribution in [1.82, 2.24) is 9.97 Å². The summed E-state index contributed by atoms with van der Waals surface area (Å²) in [6.45, 7) is 0. The highest BCUT2D eigenvalue weighted by molar-refractivity contribution is 14.1. The summed E-state index contributed by atoms with van der Waals surface area (Å²) >= 11 is 2.40. The van der Waals surface area contributed by atoms with Crippen molar-refractivity contribution in [3.8, 4) is 67.3 Å². The molecular weight excluding hydrogens is 647 g/mol. The van der Waals surface area contributed by atoms with Crippen LogP contribution in [0.4, 0.5) is 0 Å². The fourth-order valence-electron chi connectivity index (χ4n) is 5.52. The molecule has 0 atom stereocenters. The van der Waals surface area contributed by atoms with Crippen molar-refractivity contribution >= 4 is 22.6 Å². The lowest BCUT2D eigenvalue weighted by atomic mass is 9.92. The highest BCUT2D eigenvalue weighted by atomic mass is 127. The Morgan fingerprint density at radius 3 is 1.36 bits per heavy atom. The summed E-state index contributed by atoms with van der Waals surface area (Å²) in [5.74, 6) is 0.732. The van der Waals surface area contributed by atoms with E-state index < -0.39 is 0 Å². The molecule has 6 aromatic carbocycles. The Morgan fingerprint density at radius 1 is 0.341 bits per heavy atom. The molecular formula is C41H29IN2. The van der Waals surface area contributed by atoms with Crippen LogP contribution in [0, 0.1) is 0 Å². The van der Waals surface area contributed by atoms with Crippen molar-refractivity contribution < 1.29 is 0 Å². The predicted octanol–water partition coefficient (Wildman–Crippen LogP) is 11.4. The molecule has 0 aliphatic rings. The quantitative estimate of drug-likeness (QED) is 0.124. The number of hydrogen-bond donors (Lipinski definition) is 0. The van der Waals surface area contributed by atoms with Gasteiger partial charge in [0, 0.05) is 21.1 Å². The van der Waals surface area contributed by atoms with Crippen LogP contribution in [0.3, 0.4) is 0 Å². The fraction of sp³-hybridized carbons (Fsp3) is 0.0244. The molecule has 0 bridgehead atoms. The van der Waals surface area contributed by atoms with E-state index >= 15 is 0 Å². The maximum absolute atomic E-state index is 5.13. The normalized spacial score (nSPS) is 10.9. The zero-order chi connectivity index (χ0) is 29.7. The summed E-state index contributed by atoms with van der Waals surface area (Å²) in [5.41, 5.74) is 13.3. The van der Waals surface area contributed by atoms with E-state index in [4.69, 9.17) is 9.97 Å². The molecule has 2 nitrogen and oxygen atoms in total. The van der Waals surface area contributed by atoms with Gasteiger partial charge in [0.2, 0.25) is 0 Å². The van der Waals surface area contributed by atoms with E-state index in [1.165, 1.54) is 33.4 Å². The third kappa shape index (κ3) is 6.10. The van der Waals surface area contributed by atoms with Gasteiger partial charge in [0.15, 0.2) is 5.82 Å². The van der Waals surface area contributed by atoms with Crippen LogP contribution in [-0.4, -0.2) is 9.97 Å². The number of nitrogens with zero attached hydrogens (tertiary/aromatic N) is 2. The van der Waals surface area contributed by atoms with Crippen molar-refractivity contribution in [1.29, 1.82) is 0 Å². The summed E-state index contributed by atoms with van der Waals surface area (Å²) in [4.78, 5) is 10.2. The molecule has 0 saturated heterocycles. The molecule has 210 valence electrons. The molecule has 0 aliphatic carbocycles. The van der Waals surface area contributed by atoms with Gasteiger partial charge in [-0.05, 0) is 75.3 Å². The molecule has 3 heteroatoms. The third-order valence-electron chi connectivity index (χ3n) is 7.77. The molecule has 0 unspecified atom stereocenters. The molecule has 0 saturated carbocycles. The average molecular weight is 677 g/mol. The van der Waals surface area contributed by atoms with Crippen molar-refractivity contribution in [3.05, 3.63) is 169 Å². The lowest BCUT2D eigenvalue weighted by Crippen LogP contribution is -1.96. The Morgan fingerprint density at radius 2 is 0.773 bits per heavy atom. The maximum atomic E-state index is 5.13. The Hall–Kier alpha value is -4.87. The molecule has 44 heavy (non-hydrogen) atoms. The minimum atomic E-state index is 0.732. The average Bonchev–Trinajstić information content (AvgIpc) is 3.12. The zero-order valence-corrected chi connectivity index (χ0v) is 26.2. The third-order valence-corrected chi connectivity index (χ3v) is 8.65. The van der Waals surface area contributed by atoms with E-state index in [0.717, 1.165) is 43.9 Å². The van der Waals surface area contributed by atoms with Gasteiger partial charge in [-0.3, -0.25) is 0 Å². The topological polar surface area (TPSA) is 25.8 Å². The SMILES string of the molecule is ICc1cccc(-c2nc(-c3ccccc3)cc(-c3cccc(-c4cc(-c5ccccc5)cc(-c5ccccc5)c4)c3)n2)c1. The van der Waals surface area contributed by atoms with Gasteiger partial charge in [0.05, 0.1) is 11.4 Å². The highest BCUT2D eigenvalue weighted by Gasteiger charge is 2.13. The Bertz CT molecular complexity index is 1980. The van der Waals surface area contributed by atoms with Crippen molar-refractivity contribution in [2.24, 2.45) is 0 Å². The minimum absolute atomic E-state index is 0.732. The molecule has 7 aromatic rings. The monoisotopic (exact) mass is 676 g/mol. The maximum Gasteiger partial charge on any atom is 0.160 e. The number of rotatable bonds is 7. The molecule has 0 N–H and O–H groups in total. The molecule has 0 fully saturated rings. The summed E-state index contributed by atoms with van der Waals surface area (Å²) in [6, 6.07) is 57.7. The number of halogens is 1. The number of alkyl halides is 1. The second-order valence-corrected chi connectivity index (χ2v) is 11.5. The standard InChI is InChI=1S/C41H29IN2/c42-28-29-12-10-21-35(22-29)41-43-39(32-17-8-3-9-18-32)27-40(44-41)34-20-11-19-33(23-34)38-25-36(30-13-4-1-5-14-30)24-37(26-38)31-15-6-2-7-16-31/h1-27H,28H2. The van der Waals surface area contributed by atoms with Crippen LogP contribution in [0.15, 0.2) is 164 Å². The van der Waals surface area contributed by atoms with Gasteiger partial charge in [-0.15, -0.1) is 0 Å². The van der Waals surface area contributed by atoms with Gasteiger partial charge in [0.25, 0.3) is 0 Å². The van der Waals surface area contributed by atoms with E-state index in [2.05, 4.69) is 180 Å². The van der Waals surface area contributed by atoms with Crippen LogP contribution in [0.2, 0.25) is 0 Å². The molecule has 0 amide bonds. The van der Waals surface area contributed by atoms with E-state index in [-0.39, 0.29) is 0 Å². The van der Waals surface area contributed by atoms with Gasteiger partial charge in [-0.2, -0.15) is 0 Å². The first kappa shape index (κ1) is 27.9. The van der Waals surface area contributed by atoms with Crippen molar-refractivity contribution in [3.63, 3.8) is 0 Å². The van der Waals surface area contributed by atoms with E-state index in [1.807, 2.05) is 6.07 Å². The molecule has 1 heterocycles. The van der Waals surface area contributed by atoms with Gasteiger partial charge in [-0.25, -0.2) is 9.97 Å². The Labute approximate surface area is 272 Å². The fourth-order valence-corrected chi connectivity index (χ4v) is 6.00. The minimum Gasteiger partial charge on any atom is -0.228 e. The second kappa shape index (κ2) is 12.8. The van der Waals surface area contributed by atoms with Crippen LogP contribution in [-0.2, 0) is 4.43 Å².